The van der Waals surface area contributed by atoms with E-state index in [9.17, 15) is 4.79 Å². The Balaban J connectivity index is 1.59. The number of ether oxygens (including phenoxy) is 1. The molecule has 0 aromatic carbocycles. The number of aromatic nitrogens is 2. The van der Waals surface area contributed by atoms with Crippen LogP contribution in [0.15, 0.2) is 12.4 Å². The zero-order valence-electron chi connectivity index (χ0n) is 13.2. The molecule has 0 N–H and O–H groups in total. The van der Waals surface area contributed by atoms with Gasteiger partial charge in [0.05, 0.1) is 7.11 Å². The Hall–Kier alpha value is -1.85. The first-order valence-corrected chi connectivity index (χ1v) is 8.18. The predicted molar refractivity (Wildman–Crippen MR) is 84.0 cm³/mol. The van der Waals surface area contributed by atoms with Gasteiger partial charge in [0, 0.05) is 44.5 Å². The number of nitrogens with zero attached hydrogens (tertiary/aromatic N) is 4. The van der Waals surface area contributed by atoms with Gasteiger partial charge in [0.25, 0.3) is 5.88 Å². The molecule has 0 unspecified atom stereocenters. The third kappa shape index (κ3) is 3.15. The minimum atomic E-state index is 0.164. The van der Waals surface area contributed by atoms with E-state index in [-0.39, 0.29) is 5.92 Å². The van der Waals surface area contributed by atoms with Gasteiger partial charge < -0.3 is 14.5 Å². The van der Waals surface area contributed by atoms with Crippen molar-refractivity contribution in [3.05, 3.63) is 12.4 Å². The first kappa shape index (κ1) is 15.1. The van der Waals surface area contributed by atoms with Gasteiger partial charge in [0.1, 0.15) is 0 Å². The molecule has 0 radical (unpaired) electrons. The Bertz CT molecular complexity index is 509. The van der Waals surface area contributed by atoms with Crippen molar-refractivity contribution in [2.24, 2.45) is 5.92 Å². The molecular weight excluding hydrogens is 280 g/mol. The van der Waals surface area contributed by atoms with Crippen LogP contribution in [0.3, 0.4) is 0 Å². The molecule has 1 amide bonds. The Labute approximate surface area is 131 Å². The monoisotopic (exact) mass is 304 g/mol. The van der Waals surface area contributed by atoms with Crippen LogP contribution in [0.5, 0.6) is 5.88 Å². The SMILES string of the molecule is COc1nccnc1N1CCC(C(=O)N2CCCCC2)CC1. The Morgan fingerprint density at radius 3 is 2.45 bits per heavy atom. The molecule has 6 heteroatoms. The number of piperidine rings is 2. The van der Waals surface area contributed by atoms with Crippen LogP contribution in [0.2, 0.25) is 0 Å². The second-order valence-corrected chi connectivity index (χ2v) is 6.04. The van der Waals surface area contributed by atoms with Crippen molar-refractivity contribution in [1.29, 1.82) is 0 Å². The van der Waals surface area contributed by atoms with Gasteiger partial charge in [-0.1, -0.05) is 0 Å². The smallest absolute Gasteiger partial charge is 0.257 e. The molecule has 2 aliphatic heterocycles. The molecule has 2 fully saturated rings. The molecule has 6 nitrogen and oxygen atoms in total. The molecule has 2 aliphatic rings. The average Bonchev–Trinajstić information content (AvgIpc) is 2.62. The lowest BCUT2D eigenvalue weighted by atomic mass is 9.94. The van der Waals surface area contributed by atoms with E-state index in [4.69, 9.17) is 4.74 Å². The molecule has 0 spiro atoms. The van der Waals surface area contributed by atoms with Crippen LogP contribution >= 0.6 is 0 Å². The average molecular weight is 304 g/mol. The second-order valence-electron chi connectivity index (χ2n) is 6.04. The molecule has 120 valence electrons. The topological polar surface area (TPSA) is 58.6 Å². The molecule has 22 heavy (non-hydrogen) atoms. The van der Waals surface area contributed by atoms with Gasteiger partial charge >= 0.3 is 0 Å². The van der Waals surface area contributed by atoms with Crippen molar-refractivity contribution in [3.63, 3.8) is 0 Å². The summed E-state index contributed by atoms with van der Waals surface area (Å²) in [4.78, 5) is 25.4. The third-order valence-electron chi connectivity index (χ3n) is 4.65. The van der Waals surface area contributed by atoms with Crippen LogP contribution in [0.1, 0.15) is 32.1 Å². The first-order valence-electron chi connectivity index (χ1n) is 8.18. The molecule has 0 atom stereocenters. The van der Waals surface area contributed by atoms with Crippen LogP contribution in [-0.2, 0) is 4.79 Å². The summed E-state index contributed by atoms with van der Waals surface area (Å²) >= 11 is 0. The van der Waals surface area contributed by atoms with Crippen LogP contribution in [0.25, 0.3) is 0 Å². The summed E-state index contributed by atoms with van der Waals surface area (Å²) < 4.78 is 5.28. The van der Waals surface area contributed by atoms with E-state index in [1.807, 2.05) is 0 Å². The summed E-state index contributed by atoms with van der Waals surface area (Å²) in [5, 5.41) is 0. The zero-order chi connectivity index (χ0) is 15.4. The van der Waals surface area contributed by atoms with Crippen LogP contribution in [0.4, 0.5) is 5.82 Å². The molecule has 0 saturated carbocycles. The maximum Gasteiger partial charge on any atom is 0.257 e. The van der Waals surface area contributed by atoms with Crippen molar-refractivity contribution in [2.75, 3.05) is 38.2 Å². The highest BCUT2D eigenvalue weighted by atomic mass is 16.5. The van der Waals surface area contributed by atoms with Gasteiger partial charge in [0.15, 0.2) is 5.82 Å². The highest BCUT2D eigenvalue weighted by molar-refractivity contribution is 5.79. The first-order chi connectivity index (χ1) is 10.8. The summed E-state index contributed by atoms with van der Waals surface area (Å²) in [5.41, 5.74) is 0. The van der Waals surface area contributed by atoms with Gasteiger partial charge in [-0.3, -0.25) is 4.79 Å². The van der Waals surface area contributed by atoms with Gasteiger partial charge in [-0.05, 0) is 32.1 Å². The van der Waals surface area contributed by atoms with Crippen LogP contribution < -0.4 is 9.64 Å². The largest absolute Gasteiger partial charge is 0.478 e. The number of carbonyl (C=O) groups is 1. The van der Waals surface area contributed by atoms with E-state index >= 15 is 0 Å². The number of hydrogen-bond acceptors (Lipinski definition) is 5. The fraction of sp³-hybridized carbons (Fsp3) is 0.688. The number of hydrogen-bond donors (Lipinski definition) is 0. The lowest BCUT2D eigenvalue weighted by Gasteiger charge is -2.36. The molecule has 0 bridgehead atoms. The molecular formula is C16H24N4O2. The fourth-order valence-electron chi connectivity index (χ4n) is 3.39. The van der Waals surface area contributed by atoms with Gasteiger partial charge in [-0.2, -0.15) is 0 Å². The van der Waals surface area contributed by atoms with Crippen molar-refractivity contribution in [2.45, 2.75) is 32.1 Å². The van der Waals surface area contributed by atoms with Gasteiger partial charge in [-0.15, -0.1) is 0 Å². The number of carbonyl (C=O) groups excluding carboxylic acids is 1. The molecule has 0 aliphatic carbocycles. The maximum atomic E-state index is 12.6. The van der Waals surface area contributed by atoms with Crippen LogP contribution in [0, 0.1) is 5.92 Å². The van der Waals surface area contributed by atoms with E-state index in [2.05, 4.69) is 19.8 Å². The van der Waals surface area contributed by atoms with E-state index in [0.29, 0.717) is 11.8 Å². The quantitative estimate of drug-likeness (QED) is 0.851. The van der Waals surface area contributed by atoms with Crippen molar-refractivity contribution in [3.8, 4) is 5.88 Å². The summed E-state index contributed by atoms with van der Waals surface area (Å²) in [6, 6.07) is 0. The molecule has 3 rings (SSSR count). The Morgan fingerprint density at radius 2 is 1.77 bits per heavy atom. The molecule has 1 aromatic rings. The lowest BCUT2D eigenvalue weighted by molar-refractivity contribution is -0.137. The normalized spacial score (nSPS) is 20.0. The number of likely N-dealkylation sites (tertiary alicyclic amines) is 1. The summed E-state index contributed by atoms with van der Waals surface area (Å²) in [5.74, 6) is 1.86. The highest BCUT2D eigenvalue weighted by Gasteiger charge is 2.30. The summed E-state index contributed by atoms with van der Waals surface area (Å²) in [6.07, 6.45) is 8.65. The van der Waals surface area contributed by atoms with Gasteiger partial charge in [-0.25, -0.2) is 9.97 Å². The maximum absolute atomic E-state index is 12.6. The molecule has 3 heterocycles. The molecule has 2 saturated heterocycles. The number of rotatable bonds is 3. The van der Waals surface area contributed by atoms with E-state index in [1.54, 1.807) is 19.5 Å². The van der Waals surface area contributed by atoms with Crippen molar-refractivity contribution >= 4 is 11.7 Å². The van der Waals surface area contributed by atoms with E-state index < -0.39 is 0 Å². The summed E-state index contributed by atoms with van der Waals surface area (Å²) in [7, 11) is 1.61. The fourth-order valence-corrected chi connectivity index (χ4v) is 3.39. The van der Waals surface area contributed by atoms with E-state index in [1.165, 1.54) is 6.42 Å². The lowest BCUT2D eigenvalue weighted by Crippen LogP contribution is -2.44. The minimum Gasteiger partial charge on any atom is -0.478 e. The second kappa shape index (κ2) is 6.94. The van der Waals surface area contributed by atoms with Crippen molar-refractivity contribution in [1.82, 2.24) is 14.9 Å². The van der Waals surface area contributed by atoms with Crippen LogP contribution in [-0.4, -0.2) is 54.1 Å². The van der Waals surface area contributed by atoms with Gasteiger partial charge in [0.2, 0.25) is 5.91 Å². The molecule has 1 aromatic heterocycles. The Morgan fingerprint density at radius 1 is 1.09 bits per heavy atom. The number of methoxy groups -OCH3 is 1. The number of amides is 1. The third-order valence-corrected chi connectivity index (χ3v) is 4.65. The van der Waals surface area contributed by atoms with Crippen molar-refractivity contribution < 1.29 is 9.53 Å². The highest BCUT2D eigenvalue weighted by Crippen LogP contribution is 2.28. The standard InChI is InChI=1S/C16H24N4O2/c1-22-15-14(17-7-8-18-15)19-11-5-13(6-12-19)16(21)20-9-3-2-4-10-20/h7-8,13H,2-6,9-12H2,1H3. The zero-order valence-corrected chi connectivity index (χ0v) is 13.2. The Kier molecular flexibility index (Phi) is 4.75. The summed E-state index contributed by atoms with van der Waals surface area (Å²) in [6.45, 7) is 3.55. The predicted octanol–water partition coefficient (Wildman–Crippen LogP) is 1.71. The number of anilines is 1. The minimum absolute atomic E-state index is 0.164. The van der Waals surface area contributed by atoms with E-state index in [0.717, 1.165) is 57.7 Å².